The molecule has 0 saturated carbocycles. The molecule has 2 aromatic rings. The van der Waals surface area contributed by atoms with Crippen molar-refractivity contribution in [1.82, 2.24) is 9.62 Å². The molecule has 1 amide bonds. The molecule has 4 rings (SSSR count). The molecule has 1 aliphatic carbocycles. The number of carbonyl (C=O) groups excluding carboxylic acids is 1. The molecule has 0 unspecified atom stereocenters. The Balaban J connectivity index is 1.55. The van der Waals surface area contributed by atoms with Crippen molar-refractivity contribution in [2.24, 2.45) is 0 Å². The first-order valence-corrected chi connectivity index (χ1v) is 12.1. The lowest BCUT2D eigenvalue weighted by Crippen LogP contribution is -2.52. The lowest BCUT2D eigenvalue weighted by atomic mass is 9.95. The molecule has 0 fully saturated rings. The van der Waals surface area contributed by atoms with Gasteiger partial charge in [-0.3, -0.25) is 4.79 Å². The Hall–Kier alpha value is -2.44. The molecular weight excluding hydrogens is 396 g/mol. The first kappa shape index (κ1) is 20.8. The number of fused-ring (bicyclic) bond motifs is 1. The second-order valence-corrected chi connectivity index (χ2v) is 9.89. The van der Waals surface area contributed by atoms with Gasteiger partial charge in [-0.1, -0.05) is 54.1 Å². The Morgan fingerprint density at radius 3 is 2.47 bits per heavy atom. The topological polar surface area (TPSA) is 66.5 Å². The highest BCUT2D eigenvalue weighted by Gasteiger charge is 2.39. The zero-order valence-electron chi connectivity index (χ0n) is 17.1. The Morgan fingerprint density at radius 1 is 1.00 bits per heavy atom. The van der Waals surface area contributed by atoms with Gasteiger partial charge < -0.3 is 5.32 Å². The quantitative estimate of drug-likeness (QED) is 0.717. The lowest BCUT2D eigenvalue weighted by Gasteiger charge is -2.35. The van der Waals surface area contributed by atoms with E-state index in [1.54, 1.807) is 30.3 Å². The molecule has 0 aromatic heterocycles. The molecule has 158 valence electrons. The molecule has 1 heterocycles. The van der Waals surface area contributed by atoms with E-state index >= 15 is 0 Å². The highest BCUT2D eigenvalue weighted by molar-refractivity contribution is 7.89. The van der Waals surface area contributed by atoms with E-state index in [-0.39, 0.29) is 17.3 Å². The van der Waals surface area contributed by atoms with Gasteiger partial charge in [-0.15, -0.1) is 0 Å². The molecule has 6 heteroatoms. The number of hydrogen-bond donors (Lipinski definition) is 1. The van der Waals surface area contributed by atoms with Crippen LogP contribution in [0.15, 0.2) is 71.1 Å². The van der Waals surface area contributed by atoms with E-state index in [4.69, 9.17) is 0 Å². The fraction of sp³-hybridized carbons (Fsp3) is 0.375. The normalized spacial score (nSPS) is 19.6. The van der Waals surface area contributed by atoms with Crippen LogP contribution in [-0.2, 0) is 27.8 Å². The molecule has 1 atom stereocenters. The highest BCUT2D eigenvalue weighted by Crippen LogP contribution is 2.29. The largest absolute Gasteiger partial charge is 0.354 e. The van der Waals surface area contributed by atoms with Gasteiger partial charge in [0.05, 0.1) is 4.90 Å². The van der Waals surface area contributed by atoms with Gasteiger partial charge in [0, 0.05) is 13.1 Å². The summed E-state index contributed by atoms with van der Waals surface area (Å²) in [6, 6.07) is 15.4. The molecule has 2 aromatic carbocycles. The van der Waals surface area contributed by atoms with Gasteiger partial charge >= 0.3 is 0 Å². The molecule has 1 N–H and O–H groups in total. The maximum absolute atomic E-state index is 13.4. The number of rotatable bonds is 6. The molecule has 30 heavy (non-hydrogen) atoms. The number of nitrogens with one attached hydrogen (secondary N) is 1. The smallest absolute Gasteiger partial charge is 0.244 e. The standard InChI is InChI=1S/C24H28N2O3S/c27-24(25-16-15-19-9-3-1-4-10-19)23-17-20-11-7-8-12-21(20)18-26(23)30(28,29)22-13-5-2-6-14-22/h2,5-9,11-14,23H,1,3-4,10,15-18H2,(H,25,27)/t23-/m1/s1. The van der Waals surface area contributed by atoms with Crippen LogP contribution in [0.25, 0.3) is 0 Å². The minimum atomic E-state index is -3.78. The fourth-order valence-electron chi connectivity index (χ4n) is 4.30. The summed E-state index contributed by atoms with van der Waals surface area (Å²) in [6.07, 6.45) is 8.16. The minimum absolute atomic E-state index is 0.205. The van der Waals surface area contributed by atoms with Crippen LogP contribution in [0.4, 0.5) is 0 Å². The Kier molecular flexibility index (Phi) is 6.35. The maximum atomic E-state index is 13.4. The summed E-state index contributed by atoms with van der Waals surface area (Å²) < 4.78 is 28.1. The van der Waals surface area contributed by atoms with Crippen LogP contribution >= 0.6 is 0 Å². The third-order valence-electron chi connectivity index (χ3n) is 5.99. The first-order valence-electron chi connectivity index (χ1n) is 10.6. The summed E-state index contributed by atoms with van der Waals surface area (Å²) in [4.78, 5) is 13.3. The summed E-state index contributed by atoms with van der Waals surface area (Å²) in [6.45, 7) is 0.749. The van der Waals surface area contributed by atoms with Crippen molar-refractivity contribution < 1.29 is 13.2 Å². The molecule has 2 aliphatic rings. The molecule has 0 spiro atoms. The molecule has 0 bridgehead atoms. The molecular formula is C24H28N2O3S. The van der Waals surface area contributed by atoms with Gasteiger partial charge in [-0.2, -0.15) is 4.31 Å². The van der Waals surface area contributed by atoms with Gasteiger partial charge in [0.25, 0.3) is 0 Å². The SMILES string of the molecule is O=C(NCCC1=CCCCC1)[C@H]1Cc2ccccc2CN1S(=O)(=O)c1ccccc1. The Labute approximate surface area is 178 Å². The zero-order valence-corrected chi connectivity index (χ0v) is 17.9. The summed E-state index contributed by atoms with van der Waals surface area (Å²) >= 11 is 0. The van der Waals surface area contributed by atoms with Gasteiger partial charge in [0.15, 0.2) is 0 Å². The van der Waals surface area contributed by atoms with Gasteiger partial charge in [-0.05, 0) is 61.8 Å². The van der Waals surface area contributed by atoms with Crippen LogP contribution in [0.2, 0.25) is 0 Å². The van der Waals surface area contributed by atoms with Gasteiger partial charge in [-0.25, -0.2) is 8.42 Å². The van der Waals surface area contributed by atoms with E-state index in [9.17, 15) is 13.2 Å². The van der Waals surface area contributed by atoms with Crippen molar-refractivity contribution in [2.75, 3.05) is 6.54 Å². The van der Waals surface area contributed by atoms with Crippen molar-refractivity contribution in [3.8, 4) is 0 Å². The summed E-state index contributed by atoms with van der Waals surface area (Å²) in [5.74, 6) is -0.222. The van der Waals surface area contributed by atoms with E-state index in [0.29, 0.717) is 13.0 Å². The first-order chi connectivity index (χ1) is 14.6. The third-order valence-corrected chi connectivity index (χ3v) is 7.86. The average molecular weight is 425 g/mol. The average Bonchev–Trinajstić information content (AvgIpc) is 2.79. The predicted molar refractivity (Wildman–Crippen MR) is 117 cm³/mol. The van der Waals surface area contributed by atoms with Gasteiger partial charge in [0.2, 0.25) is 15.9 Å². The number of nitrogens with zero attached hydrogens (tertiary/aromatic N) is 1. The van der Waals surface area contributed by atoms with E-state index in [1.165, 1.54) is 22.7 Å². The van der Waals surface area contributed by atoms with Crippen LogP contribution in [-0.4, -0.2) is 31.2 Å². The summed E-state index contributed by atoms with van der Waals surface area (Å²) in [5.41, 5.74) is 3.38. The number of benzene rings is 2. The zero-order chi connectivity index (χ0) is 21.0. The monoisotopic (exact) mass is 424 g/mol. The van der Waals surface area contributed by atoms with Crippen LogP contribution in [0, 0.1) is 0 Å². The van der Waals surface area contributed by atoms with Crippen LogP contribution in [0.1, 0.15) is 43.2 Å². The number of allylic oxidation sites excluding steroid dienone is 1. The highest BCUT2D eigenvalue weighted by atomic mass is 32.2. The predicted octanol–water partition coefficient (Wildman–Crippen LogP) is 3.81. The number of hydrogen-bond acceptors (Lipinski definition) is 3. The minimum Gasteiger partial charge on any atom is -0.354 e. The number of carbonyl (C=O) groups is 1. The molecule has 0 saturated heterocycles. The van der Waals surface area contributed by atoms with Crippen LogP contribution in [0.3, 0.4) is 0 Å². The molecule has 0 radical (unpaired) electrons. The van der Waals surface area contributed by atoms with Crippen LogP contribution in [0.5, 0.6) is 0 Å². The van der Waals surface area contributed by atoms with Crippen molar-refractivity contribution >= 4 is 15.9 Å². The van der Waals surface area contributed by atoms with E-state index in [0.717, 1.165) is 30.4 Å². The number of amides is 1. The Bertz CT molecular complexity index is 1030. The van der Waals surface area contributed by atoms with E-state index in [2.05, 4.69) is 11.4 Å². The Morgan fingerprint density at radius 2 is 1.73 bits per heavy atom. The van der Waals surface area contributed by atoms with E-state index < -0.39 is 16.1 Å². The maximum Gasteiger partial charge on any atom is 0.244 e. The molecule has 5 nitrogen and oxygen atoms in total. The third kappa shape index (κ3) is 4.50. The fourth-order valence-corrected chi connectivity index (χ4v) is 5.88. The summed E-state index contributed by atoms with van der Waals surface area (Å²) in [7, 11) is -3.78. The lowest BCUT2D eigenvalue weighted by molar-refractivity contribution is -0.125. The summed E-state index contributed by atoms with van der Waals surface area (Å²) in [5, 5.41) is 3.00. The second-order valence-electron chi connectivity index (χ2n) is 8.00. The number of sulfonamides is 1. The van der Waals surface area contributed by atoms with Crippen molar-refractivity contribution in [1.29, 1.82) is 0 Å². The van der Waals surface area contributed by atoms with Crippen molar-refractivity contribution in [3.63, 3.8) is 0 Å². The van der Waals surface area contributed by atoms with Gasteiger partial charge in [0.1, 0.15) is 6.04 Å². The van der Waals surface area contributed by atoms with Crippen LogP contribution < -0.4 is 5.32 Å². The second kappa shape index (κ2) is 9.14. The molecule has 1 aliphatic heterocycles. The van der Waals surface area contributed by atoms with Crippen molar-refractivity contribution in [3.05, 3.63) is 77.4 Å². The van der Waals surface area contributed by atoms with E-state index in [1.807, 2.05) is 24.3 Å². The van der Waals surface area contributed by atoms with Crippen molar-refractivity contribution in [2.45, 2.75) is 56.0 Å².